The van der Waals surface area contributed by atoms with E-state index in [-0.39, 0.29) is 22.7 Å². The van der Waals surface area contributed by atoms with Gasteiger partial charge in [-0.05, 0) is 24.3 Å². The number of hydrogen-bond donors (Lipinski definition) is 1. The topological polar surface area (TPSA) is 73.3 Å². The number of rotatable bonds is 2. The lowest BCUT2D eigenvalue weighted by molar-refractivity contribution is 0.0990. The molecule has 7 heteroatoms. The van der Waals surface area contributed by atoms with Gasteiger partial charge in [-0.25, -0.2) is 18.3 Å². The molecule has 20 heavy (non-hydrogen) atoms. The third-order valence-corrected chi connectivity index (χ3v) is 2.80. The molecule has 1 aromatic carbocycles. The molecule has 3 aromatic rings. The van der Waals surface area contributed by atoms with Gasteiger partial charge in [-0.15, -0.1) is 5.10 Å². The molecule has 0 fully saturated rings. The van der Waals surface area contributed by atoms with E-state index >= 15 is 0 Å². The number of carbonyl (C=O) groups is 1. The molecular formula is C13H8F2N4O. The quantitative estimate of drug-likeness (QED) is 0.774. The molecule has 0 aliphatic carbocycles. The summed E-state index contributed by atoms with van der Waals surface area (Å²) in [6.45, 7) is 0. The lowest BCUT2D eigenvalue weighted by Crippen LogP contribution is -2.13. The van der Waals surface area contributed by atoms with E-state index in [9.17, 15) is 13.6 Å². The fraction of sp³-hybridized carbons (Fsp3) is 0. The summed E-state index contributed by atoms with van der Waals surface area (Å²) in [5, 5.41) is 3.87. The molecule has 2 N–H and O–H groups in total. The Morgan fingerprint density at radius 2 is 1.75 bits per heavy atom. The zero-order valence-electron chi connectivity index (χ0n) is 10.0. The lowest BCUT2D eigenvalue weighted by atomic mass is 10.1. The van der Waals surface area contributed by atoms with Gasteiger partial charge in [0.1, 0.15) is 11.6 Å². The number of primary amides is 1. The van der Waals surface area contributed by atoms with Crippen molar-refractivity contribution in [2.75, 3.05) is 0 Å². The molecule has 0 spiro atoms. The summed E-state index contributed by atoms with van der Waals surface area (Å²) in [6.07, 6.45) is 0. The fourth-order valence-corrected chi connectivity index (χ4v) is 1.94. The second-order valence-corrected chi connectivity index (χ2v) is 4.08. The summed E-state index contributed by atoms with van der Waals surface area (Å²) < 4.78 is 28.9. The average molecular weight is 274 g/mol. The molecule has 2 aromatic heterocycles. The minimum Gasteiger partial charge on any atom is -0.363 e. The van der Waals surface area contributed by atoms with E-state index in [0.717, 1.165) is 12.1 Å². The molecule has 3 rings (SSSR count). The number of carbonyl (C=O) groups excluding carboxylic acids is 1. The first-order valence-electron chi connectivity index (χ1n) is 5.68. The van der Waals surface area contributed by atoms with Gasteiger partial charge in [0.05, 0.1) is 11.3 Å². The first kappa shape index (κ1) is 12.2. The molecule has 0 saturated heterocycles. The average Bonchev–Trinajstić information content (AvgIpc) is 2.83. The SMILES string of the molecule is NC(=O)c1nc2cccc(-c3c(F)cccc3F)n2n1. The number of amides is 1. The zero-order valence-corrected chi connectivity index (χ0v) is 10.0. The number of benzene rings is 1. The van der Waals surface area contributed by atoms with Crippen molar-refractivity contribution in [3.8, 4) is 11.3 Å². The minimum atomic E-state index is -0.811. The van der Waals surface area contributed by atoms with Crippen LogP contribution < -0.4 is 5.73 Å². The number of aromatic nitrogens is 3. The van der Waals surface area contributed by atoms with Crippen molar-refractivity contribution in [1.82, 2.24) is 14.6 Å². The van der Waals surface area contributed by atoms with Crippen LogP contribution in [0.3, 0.4) is 0 Å². The predicted octanol–water partition coefficient (Wildman–Crippen LogP) is 1.77. The van der Waals surface area contributed by atoms with Crippen LogP contribution in [0.15, 0.2) is 36.4 Å². The van der Waals surface area contributed by atoms with Crippen molar-refractivity contribution in [3.63, 3.8) is 0 Å². The number of halogens is 2. The maximum atomic E-state index is 13.8. The molecule has 1 amide bonds. The van der Waals surface area contributed by atoms with Gasteiger partial charge in [0.15, 0.2) is 5.65 Å². The maximum absolute atomic E-state index is 13.8. The largest absolute Gasteiger partial charge is 0.363 e. The first-order valence-corrected chi connectivity index (χ1v) is 5.68. The van der Waals surface area contributed by atoms with Crippen molar-refractivity contribution in [2.24, 2.45) is 5.73 Å². The fourth-order valence-electron chi connectivity index (χ4n) is 1.94. The third-order valence-electron chi connectivity index (χ3n) is 2.80. The summed E-state index contributed by atoms with van der Waals surface area (Å²) in [5.74, 6) is -2.48. The van der Waals surface area contributed by atoms with Gasteiger partial charge in [-0.3, -0.25) is 4.79 Å². The van der Waals surface area contributed by atoms with Crippen LogP contribution in [0.4, 0.5) is 8.78 Å². The summed E-state index contributed by atoms with van der Waals surface area (Å²) >= 11 is 0. The summed E-state index contributed by atoms with van der Waals surface area (Å²) in [7, 11) is 0. The van der Waals surface area contributed by atoms with Crippen LogP contribution in [-0.4, -0.2) is 20.5 Å². The van der Waals surface area contributed by atoms with Gasteiger partial charge in [-0.1, -0.05) is 12.1 Å². The highest BCUT2D eigenvalue weighted by molar-refractivity contribution is 5.89. The van der Waals surface area contributed by atoms with E-state index in [1.807, 2.05) is 0 Å². The molecule has 2 heterocycles. The summed E-state index contributed by atoms with van der Waals surface area (Å²) in [6, 6.07) is 8.16. The molecule has 0 bridgehead atoms. The van der Waals surface area contributed by atoms with Gasteiger partial charge in [0.2, 0.25) is 5.82 Å². The monoisotopic (exact) mass is 274 g/mol. The van der Waals surface area contributed by atoms with E-state index in [4.69, 9.17) is 5.73 Å². The van der Waals surface area contributed by atoms with Crippen molar-refractivity contribution < 1.29 is 13.6 Å². The molecule has 5 nitrogen and oxygen atoms in total. The number of nitrogens with zero attached hydrogens (tertiary/aromatic N) is 3. The normalized spacial score (nSPS) is 10.9. The number of pyridine rings is 1. The van der Waals surface area contributed by atoms with Crippen LogP contribution in [0.5, 0.6) is 0 Å². The van der Waals surface area contributed by atoms with E-state index in [2.05, 4.69) is 10.1 Å². The molecular weight excluding hydrogens is 266 g/mol. The molecule has 0 saturated carbocycles. The Morgan fingerprint density at radius 1 is 1.10 bits per heavy atom. The van der Waals surface area contributed by atoms with Crippen LogP contribution in [0.1, 0.15) is 10.6 Å². The van der Waals surface area contributed by atoms with Gasteiger partial charge >= 0.3 is 0 Å². The Morgan fingerprint density at radius 3 is 2.40 bits per heavy atom. The standard InChI is InChI=1S/C13H8F2N4O/c14-7-3-1-4-8(15)11(7)9-5-2-6-10-17-13(12(16)20)18-19(9)10/h1-6H,(H2,16,20). The Labute approximate surface area is 111 Å². The zero-order chi connectivity index (χ0) is 14.3. The van der Waals surface area contributed by atoms with Crippen LogP contribution in [0.2, 0.25) is 0 Å². The highest BCUT2D eigenvalue weighted by Crippen LogP contribution is 2.26. The molecule has 0 radical (unpaired) electrons. The van der Waals surface area contributed by atoms with Gasteiger partial charge in [0, 0.05) is 0 Å². The Balaban J connectivity index is 2.34. The van der Waals surface area contributed by atoms with Crippen molar-refractivity contribution in [1.29, 1.82) is 0 Å². The highest BCUT2D eigenvalue weighted by Gasteiger charge is 2.17. The maximum Gasteiger partial charge on any atom is 0.288 e. The van der Waals surface area contributed by atoms with Crippen molar-refractivity contribution in [3.05, 3.63) is 53.9 Å². The molecule has 100 valence electrons. The van der Waals surface area contributed by atoms with Crippen LogP contribution in [0.25, 0.3) is 16.9 Å². The van der Waals surface area contributed by atoms with E-state index in [0.29, 0.717) is 0 Å². The Kier molecular flexibility index (Phi) is 2.67. The third kappa shape index (κ3) is 1.80. The number of hydrogen-bond acceptors (Lipinski definition) is 3. The van der Waals surface area contributed by atoms with Crippen molar-refractivity contribution in [2.45, 2.75) is 0 Å². The molecule has 0 unspecified atom stereocenters. The smallest absolute Gasteiger partial charge is 0.288 e. The van der Waals surface area contributed by atoms with Crippen molar-refractivity contribution >= 4 is 11.6 Å². The van der Waals surface area contributed by atoms with E-state index in [1.54, 1.807) is 12.1 Å². The molecule has 0 atom stereocenters. The molecule has 0 aliphatic rings. The van der Waals surface area contributed by atoms with Crippen LogP contribution in [0, 0.1) is 11.6 Å². The highest BCUT2D eigenvalue weighted by atomic mass is 19.1. The predicted molar refractivity (Wildman–Crippen MR) is 66.9 cm³/mol. The Hall–Kier alpha value is -2.83. The minimum absolute atomic E-state index is 0.151. The van der Waals surface area contributed by atoms with Gasteiger partial charge in [0.25, 0.3) is 5.91 Å². The van der Waals surface area contributed by atoms with Crippen LogP contribution in [-0.2, 0) is 0 Å². The first-order chi connectivity index (χ1) is 9.58. The van der Waals surface area contributed by atoms with E-state index in [1.165, 1.54) is 16.6 Å². The summed E-state index contributed by atoms with van der Waals surface area (Å²) in [5.41, 5.74) is 5.29. The summed E-state index contributed by atoms with van der Waals surface area (Å²) in [4.78, 5) is 15.0. The second kappa shape index (κ2) is 4.37. The second-order valence-electron chi connectivity index (χ2n) is 4.08. The lowest BCUT2D eigenvalue weighted by Gasteiger charge is -2.06. The van der Waals surface area contributed by atoms with E-state index < -0.39 is 17.5 Å². The van der Waals surface area contributed by atoms with Gasteiger partial charge < -0.3 is 5.73 Å². The van der Waals surface area contributed by atoms with Crippen LogP contribution >= 0.6 is 0 Å². The number of fused-ring (bicyclic) bond motifs is 1. The molecule has 0 aliphatic heterocycles. The Bertz CT molecular complexity index is 808. The van der Waals surface area contributed by atoms with Gasteiger partial charge in [-0.2, -0.15) is 0 Å². The number of nitrogens with two attached hydrogens (primary N) is 1.